The van der Waals surface area contributed by atoms with Gasteiger partial charge in [-0.15, -0.1) is 0 Å². The van der Waals surface area contributed by atoms with Crippen LogP contribution in [0.25, 0.3) is 0 Å². The number of carbonyl (C=O) groups is 1. The molecule has 1 aliphatic heterocycles. The Morgan fingerprint density at radius 1 is 1.61 bits per heavy atom. The number of hydrogen-bond donors (Lipinski definition) is 2. The lowest BCUT2D eigenvalue weighted by molar-refractivity contribution is 0.0531. The summed E-state index contributed by atoms with van der Waals surface area (Å²) in [5.74, 6) is 1.37. The monoisotopic (exact) mass is 318 g/mol. The van der Waals surface area contributed by atoms with E-state index in [1.807, 2.05) is 23.9 Å². The Kier molecular flexibility index (Phi) is 4.66. The van der Waals surface area contributed by atoms with Crippen molar-refractivity contribution in [3.8, 4) is 0 Å². The molecule has 0 saturated carbocycles. The molecule has 0 unspecified atom stereocenters. The normalized spacial score (nSPS) is 19.6. The number of furan rings is 1. The highest BCUT2D eigenvalue weighted by atomic mass is 16.3. The molecule has 0 radical (unpaired) electrons. The number of imidazole rings is 1. The van der Waals surface area contributed by atoms with E-state index in [2.05, 4.69) is 10.3 Å². The number of aliphatic hydroxyl groups excluding tert-OH is 1. The van der Waals surface area contributed by atoms with Gasteiger partial charge in [0.15, 0.2) is 0 Å². The van der Waals surface area contributed by atoms with Gasteiger partial charge in [0.2, 0.25) is 0 Å². The van der Waals surface area contributed by atoms with Crippen LogP contribution in [0, 0.1) is 5.92 Å². The topological polar surface area (TPSA) is 83.5 Å². The lowest BCUT2D eigenvalue weighted by Gasteiger charge is -2.34. The number of urea groups is 1. The fourth-order valence-corrected chi connectivity index (χ4v) is 3.01. The van der Waals surface area contributed by atoms with Crippen molar-refractivity contribution in [3.05, 3.63) is 42.4 Å². The van der Waals surface area contributed by atoms with Crippen molar-refractivity contribution in [2.75, 3.05) is 13.1 Å². The van der Waals surface area contributed by atoms with Gasteiger partial charge in [0.05, 0.1) is 12.8 Å². The van der Waals surface area contributed by atoms with Gasteiger partial charge in [-0.25, -0.2) is 9.78 Å². The third kappa shape index (κ3) is 3.56. The third-order valence-electron chi connectivity index (χ3n) is 4.31. The van der Waals surface area contributed by atoms with Crippen molar-refractivity contribution >= 4 is 6.03 Å². The van der Waals surface area contributed by atoms with Gasteiger partial charge < -0.3 is 24.3 Å². The summed E-state index contributed by atoms with van der Waals surface area (Å²) in [6, 6.07) is 3.49. The van der Waals surface area contributed by atoms with E-state index >= 15 is 0 Å². The van der Waals surface area contributed by atoms with E-state index in [0.717, 1.165) is 18.6 Å². The van der Waals surface area contributed by atoms with Crippen LogP contribution in [0.4, 0.5) is 4.79 Å². The third-order valence-corrected chi connectivity index (χ3v) is 4.31. The second kappa shape index (κ2) is 6.87. The van der Waals surface area contributed by atoms with Gasteiger partial charge in [-0.05, 0) is 25.0 Å². The Balaban J connectivity index is 1.57. The zero-order chi connectivity index (χ0) is 16.2. The van der Waals surface area contributed by atoms with Crippen LogP contribution >= 0.6 is 0 Å². The number of aromatic nitrogens is 2. The lowest BCUT2D eigenvalue weighted by Crippen LogP contribution is -2.46. The number of aryl methyl sites for hydroxylation is 1. The molecule has 2 amide bonds. The van der Waals surface area contributed by atoms with E-state index in [4.69, 9.17) is 4.42 Å². The molecule has 1 fully saturated rings. The molecule has 0 spiro atoms. The second-order valence-corrected chi connectivity index (χ2v) is 5.93. The average Bonchev–Trinajstić information content (AvgIpc) is 3.23. The number of carbonyl (C=O) groups excluding carboxylic acids is 1. The molecule has 7 heteroatoms. The predicted molar refractivity (Wildman–Crippen MR) is 83.4 cm³/mol. The maximum absolute atomic E-state index is 12.3. The number of aliphatic hydroxyl groups is 1. The highest BCUT2D eigenvalue weighted by Gasteiger charge is 2.31. The SMILES string of the molecule is Cn1ccnc1[C@@H](O)[C@@H]1CCCN(C(=O)NCc2ccco2)C1. The number of amides is 2. The van der Waals surface area contributed by atoms with Crippen molar-refractivity contribution < 1.29 is 14.3 Å². The van der Waals surface area contributed by atoms with E-state index in [1.165, 1.54) is 0 Å². The van der Waals surface area contributed by atoms with Crippen LogP contribution in [0.5, 0.6) is 0 Å². The molecule has 124 valence electrons. The van der Waals surface area contributed by atoms with Crippen molar-refractivity contribution in [3.63, 3.8) is 0 Å². The molecule has 2 aromatic heterocycles. The molecule has 3 rings (SSSR count). The minimum Gasteiger partial charge on any atom is -0.467 e. The molecule has 7 nitrogen and oxygen atoms in total. The number of likely N-dealkylation sites (tertiary alicyclic amines) is 1. The van der Waals surface area contributed by atoms with Crippen LogP contribution in [0.3, 0.4) is 0 Å². The maximum atomic E-state index is 12.3. The summed E-state index contributed by atoms with van der Waals surface area (Å²) in [4.78, 5) is 18.3. The summed E-state index contributed by atoms with van der Waals surface area (Å²) in [6.45, 7) is 1.60. The van der Waals surface area contributed by atoms with Gasteiger partial charge in [0.25, 0.3) is 0 Å². The van der Waals surface area contributed by atoms with Gasteiger partial charge in [0, 0.05) is 38.4 Å². The van der Waals surface area contributed by atoms with Gasteiger partial charge in [-0.3, -0.25) is 0 Å². The fourth-order valence-electron chi connectivity index (χ4n) is 3.01. The maximum Gasteiger partial charge on any atom is 0.317 e. The van der Waals surface area contributed by atoms with Crippen molar-refractivity contribution in [1.29, 1.82) is 0 Å². The largest absolute Gasteiger partial charge is 0.467 e. The number of piperidine rings is 1. The number of hydrogen-bond acceptors (Lipinski definition) is 4. The Morgan fingerprint density at radius 2 is 2.48 bits per heavy atom. The molecule has 0 aromatic carbocycles. The van der Waals surface area contributed by atoms with E-state index in [1.54, 1.807) is 23.4 Å². The zero-order valence-corrected chi connectivity index (χ0v) is 13.2. The first kappa shape index (κ1) is 15.6. The van der Waals surface area contributed by atoms with Gasteiger partial charge in [-0.2, -0.15) is 0 Å². The average molecular weight is 318 g/mol. The van der Waals surface area contributed by atoms with E-state index in [0.29, 0.717) is 25.5 Å². The molecule has 1 saturated heterocycles. The molecule has 23 heavy (non-hydrogen) atoms. The highest BCUT2D eigenvalue weighted by molar-refractivity contribution is 5.74. The van der Waals surface area contributed by atoms with Crippen molar-refractivity contribution in [2.45, 2.75) is 25.5 Å². The minimum absolute atomic E-state index is 0.000729. The number of nitrogens with one attached hydrogen (secondary N) is 1. The molecule has 1 aliphatic rings. The Hall–Kier alpha value is -2.28. The standard InChI is InChI=1S/C16H22N4O3/c1-19-8-6-17-15(19)14(21)12-4-2-7-20(11-12)16(22)18-10-13-5-3-9-23-13/h3,5-6,8-9,12,14,21H,2,4,7,10-11H2,1H3,(H,18,22)/t12-,14+/m1/s1. The Labute approximate surface area is 134 Å². The zero-order valence-electron chi connectivity index (χ0n) is 13.2. The molecule has 0 aliphatic carbocycles. The molecule has 2 N–H and O–H groups in total. The first-order chi connectivity index (χ1) is 11.1. The van der Waals surface area contributed by atoms with Gasteiger partial charge in [0.1, 0.15) is 17.7 Å². The lowest BCUT2D eigenvalue weighted by atomic mass is 9.92. The summed E-state index contributed by atoms with van der Waals surface area (Å²) < 4.78 is 7.03. The molecule has 2 atom stereocenters. The van der Waals surface area contributed by atoms with E-state index in [9.17, 15) is 9.90 Å². The van der Waals surface area contributed by atoms with Gasteiger partial charge in [-0.1, -0.05) is 0 Å². The second-order valence-electron chi connectivity index (χ2n) is 5.93. The predicted octanol–water partition coefficient (Wildman–Crippen LogP) is 1.67. The number of nitrogens with zero attached hydrogens (tertiary/aromatic N) is 3. The van der Waals surface area contributed by atoms with Crippen LogP contribution in [0.15, 0.2) is 35.2 Å². The van der Waals surface area contributed by atoms with E-state index in [-0.39, 0.29) is 11.9 Å². The van der Waals surface area contributed by atoms with Crippen LogP contribution < -0.4 is 5.32 Å². The van der Waals surface area contributed by atoms with Gasteiger partial charge >= 0.3 is 6.03 Å². The quantitative estimate of drug-likeness (QED) is 0.898. The van der Waals surface area contributed by atoms with Crippen LogP contribution in [0.2, 0.25) is 0 Å². The molecular weight excluding hydrogens is 296 g/mol. The molecule has 2 aromatic rings. The van der Waals surface area contributed by atoms with Crippen LogP contribution in [0.1, 0.15) is 30.5 Å². The first-order valence-corrected chi connectivity index (χ1v) is 7.85. The van der Waals surface area contributed by atoms with Crippen molar-refractivity contribution in [1.82, 2.24) is 19.8 Å². The first-order valence-electron chi connectivity index (χ1n) is 7.85. The highest BCUT2D eigenvalue weighted by Crippen LogP contribution is 2.28. The molecule has 0 bridgehead atoms. The summed E-state index contributed by atoms with van der Waals surface area (Å²) in [7, 11) is 1.86. The minimum atomic E-state index is -0.657. The molecule has 3 heterocycles. The summed E-state index contributed by atoms with van der Waals surface area (Å²) in [5, 5.41) is 13.4. The summed E-state index contributed by atoms with van der Waals surface area (Å²) in [5.41, 5.74) is 0. The van der Waals surface area contributed by atoms with Crippen molar-refractivity contribution in [2.24, 2.45) is 13.0 Å². The fraction of sp³-hybridized carbons (Fsp3) is 0.500. The Bertz CT molecular complexity index is 638. The Morgan fingerprint density at radius 3 is 3.17 bits per heavy atom. The van der Waals surface area contributed by atoms with E-state index < -0.39 is 6.10 Å². The number of rotatable bonds is 4. The van der Waals surface area contributed by atoms with Crippen LogP contribution in [-0.4, -0.2) is 38.7 Å². The molecular formula is C16H22N4O3. The smallest absolute Gasteiger partial charge is 0.317 e. The van der Waals surface area contributed by atoms with Crippen LogP contribution in [-0.2, 0) is 13.6 Å². The summed E-state index contributed by atoms with van der Waals surface area (Å²) in [6.07, 6.45) is 6.18. The summed E-state index contributed by atoms with van der Waals surface area (Å²) >= 11 is 0.